The summed E-state index contributed by atoms with van der Waals surface area (Å²) in [6.45, 7) is 3.27. The van der Waals surface area contributed by atoms with Crippen LogP contribution in [0, 0.1) is 0 Å². The van der Waals surface area contributed by atoms with E-state index in [0.717, 1.165) is 13.1 Å². The molecule has 17 heavy (non-hydrogen) atoms. The van der Waals surface area contributed by atoms with Crippen LogP contribution in [-0.2, 0) is 9.53 Å². The molecule has 98 valence electrons. The maximum atomic E-state index is 11.4. The maximum Gasteiger partial charge on any atom is 0.321 e. The summed E-state index contributed by atoms with van der Waals surface area (Å²) in [4.78, 5) is 24.3. The van der Waals surface area contributed by atoms with Gasteiger partial charge >= 0.3 is 6.03 Å². The summed E-state index contributed by atoms with van der Waals surface area (Å²) >= 11 is 0. The summed E-state index contributed by atoms with van der Waals surface area (Å²) in [5.41, 5.74) is 5.52. The minimum absolute atomic E-state index is 0.0470. The fraction of sp³-hybridized carbons (Fsp3) is 0.800. The van der Waals surface area contributed by atoms with Crippen molar-refractivity contribution in [1.82, 2.24) is 15.5 Å². The van der Waals surface area contributed by atoms with E-state index in [0.29, 0.717) is 26.1 Å². The van der Waals surface area contributed by atoms with Crippen molar-refractivity contribution in [2.75, 3.05) is 39.8 Å². The predicted molar refractivity (Wildman–Crippen MR) is 62.4 cm³/mol. The van der Waals surface area contributed by atoms with Crippen LogP contribution in [0.5, 0.6) is 0 Å². The fourth-order valence-electron chi connectivity index (χ4n) is 1.64. The molecule has 1 atom stereocenters. The zero-order valence-electron chi connectivity index (χ0n) is 10.1. The molecule has 7 nitrogen and oxygen atoms in total. The summed E-state index contributed by atoms with van der Waals surface area (Å²) in [6.07, 6.45) is 0.343. The average Bonchev–Trinajstić information content (AvgIpc) is 2.36. The molecule has 0 bridgehead atoms. The molecule has 4 N–H and O–H groups in total. The zero-order chi connectivity index (χ0) is 12.7. The third kappa shape index (κ3) is 5.12. The molecule has 0 aromatic rings. The normalized spacial score (nSPS) is 20.9. The van der Waals surface area contributed by atoms with Gasteiger partial charge in [0.05, 0.1) is 12.7 Å². The van der Waals surface area contributed by atoms with Crippen molar-refractivity contribution < 1.29 is 14.3 Å². The van der Waals surface area contributed by atoms with Crippen molar-refractivity contribution in [3.8, 4) is 0 Å². The van der Waals surface area contributed by atoms with Crippen molar-refractivity contribution in [3.63, 3.8) is 0 Å². The highest BCUT2D eigenvalue weighted by Gasteiger charge is 2.19. The second-order valence-corrected chi connectivity index (χ2v) is 3.91. The van der Waals surface area contributed by atoms with E-state index in [-0.39, 0.29) is 12.0 Å². The number of morpholine rings is 1. The van der Waals surface area contributed by atoms with E-state index in [1.165, 1.54) is 7.05 Å². The Balaban J connectivity index is 2.21. The third-order valence-electron chi connectivity index (χ3n) is 2.62. The summed E-state index contributed by atoms with van der Waals surface area (Å²) in [6, 6.07) is -0.475. The summed E-state index contributed by atoms with van der Waals surface area (Å²) in [5, 5.41) is 4.55. The van der Waals surface area contributed by atoms with E-state index in [2.05, 4.69) is 15.5 Å². The number of carbonyl (C=O) groups excluding carboxylic acids is 2. The van der Waals surface area contributed by atoms with Crippen molar-refractivity contribution in [1.29, 1.82) is 0 Å². The monoisotopic (exact) mass is 244 g/mol. The van der Waals surface area contributed by atoms with Crippen LogP contribution in [0.15, 0.2) is 0 Å². The first-order valence-electron chi connectivity index (χ1n) is 5.71. The van der Waals surface area contributed by atoms with Crippen LogP contribution in [0.1, 0.15) is 6.42 Å². The Kier molecular flexibility index (Phi) is 5.88. The van der Waals surface area contributed by atoms with Gasteiger partial charge in [0.15, 0.2) is 0 Å². The number of hydrogen-bond donors (Lipinski definition) is 3. The molecule has 1 aliphatic heterocycles. The van der Waals surface area contributed by atoms with Gasteiger partial charge < -0.3 is 15.8 Å². The molecule has 0 spiro atoms. The smallest absolute Gasteiger partial charge is 0.321 e. The van der Waals surface area contributed by atoms with Gasteiger partial charge in [-0.1, -0.05) is 0 Å². The van der Waals surface area contributed by atoms with Gasteiger partial charge in [-0.25, -0.2) is 4.79 Å². The summed E-state index contributed by atoms with van der Waals surface area (Å²) < 4.78 is 5.41. The second-order valence-electron chi connectivity index (χ2n) is 3.91. The number of urea groups is 1. The van der Waals surface area contributed by atoms with Gasteiger partial charge in [0, 0.05) is 39.6 Å². The van der Waals surface area contributed by atoms with Crippen LogP contribution in [0.4, 0.5) is 4.79 Å². The number of nitrogens with one attached hydrogen (secondary N) is 2. The lowest BCUT2D eigenvalue weighted by atomic mass is 10.2. The van der Waals surface area contributed by atoms with Gasteiger partial charge in [-0.15, -0.1) is 0 Å². The molecule has 7 heteroatoms. The van der Waals surface area contributed by atoms with Crippen LogP contribution < -0.4 is 16.4 Å². The van der Waals surface area contributed by atoms with E-state index >= 15 is 0 Å². The molecular formula is C10H20N4O3. The molecule has 0 aromatic carbocycles. The molecule has 0 aliphatic carbocycles. The lowest BCUT2D eigenvalue weighted by Crippen LogP contribution is -2.47. The van der Waals surface area contributed by atoms with E-state index in [1.807, 2.05) is 0 Å². The van der Waals surface area contributed by atoms with Gasteiger partial charge in [0.25, 0.3) is 0 Å². The quantitative estimate of drug-likeness (QED) is 0.559. The fourth-order valence-corrected chi connectivity index (χ4v) is 1.64. The Morgan fingerprint density at radius 1 is 1.53 bits per heavy atom. The molecule has 1 aliphatic rings. The first-order valence-corrected chi connectivity index (χ1v) is 5.71. The second kappa shape index (κ2) is 7.21. The number of ether oxygens (including phenoxy) is 1. The number of hydrogen-bond acceptors (Lipinski definition) is 5. The zero-order valence-corrected chi connectivity index (χ0v) is 10.1. The molecule has 0 aromatic heterocycles. The Morgan fingerprint density at radius 2 is 2.29 bits per heavy atom. The molecule has 3 amide bonds. The highest BCUT2D eigenvalue weighted by Crippen LogP contribution is 2.04. The Hall–Kier alpha value is -1.18. The van der Waals surface area contributed by atoms with E-state index in [1.54, 1.807) is 0 Å². The number of nitrogens with zero attached hydrogens (tertiary/aromatic N) is 1. The first-order chi connectivity index (χ1) is 8.15. The minimum atomic E-state index is -0.475. The molecule has 0 radical (unpaired) electrons. The molecular weight excluding hydrogens is 224 g/mol. The lowest BCUT2D eigenvalue weighted by Gasteiger charge is -2.32. The summed E-state index contributed by atoms with van der Waals surface area (Å²) in [7, 11) is 1.47. The van der Waals surface area contributed by atoms with Gasteiger partial charge in [-0.05, 0) is 0 Å². The van der Waals surface area contributed by atoms with E-state index in [4.69, 9.17) is 10.5 Å². The average molecular weight is 244 g/mol. The molecule has 1 heterocycles. The Morgan fingerprint density at radius 3 is 2.94 bits per heavy atom. The van der Waals surface area contributed by atoms with Gasteiger partial charge in [0.2, 0.25) is 5.91 Å². The number of nitrogens with two attached hydrogens (primary N) is 1. The largest absolute Gasteiger partial charge is 0.374 e. The molecule has 1 rings (SSSR count). The number of carbonyl (C=O) groups is 2. The molecule has 1 unspecified atom stereocenters. The number of amides is 3. The number of rotatable bonds is 4. The maximum absolute atomic E-state index is 11.4. The van der Waals surface area contributed by atoms with Crippen molar-refractivity contribution >= 4 is 11.9 Å². The van der Waals surface area contributed by atoms with Crippen LogP contribution in [0.2, 0.25) is 0 Å². The Labute approximate surface area is 101 Å². The molecule has 0 saturated carbocycles. The molecule has 1 fully saturated rings. The third-order valence-corrected chi connectivity index (χ3v) is 2.62. The lowest BCUT2D eigenvalue weighted by molar-refractivity contribution is -0.120. The van der Waals surface area contributed by atoms with Crippen LogP contribution in [-0.4, -0.2) is 62.8 Å². The van der Waals surface area contributed by atoms with Crippen molar-refractivity contribution in [2.24, 2.45) is 5.73 Å². The Bertz CT molecular complexity index is 272. The van der Waals surface area contributed by atoms with Crippen LogP contribution in [0.25, 0.3) is 0 Å². The SMILES string of the molecule is CNC(=O)NC(=O)CCN1CCOC(CN)C1. The van der Waals surface area contributed by atoms with Crippen LogP contribution >= 0.6 is 0 Å². The van der Waals surface area contributed by atoms with Crippen LogP contribution in [0.3, 0.4) is 0 Å². The highest BCUT2D eigenvalue weighted by molar-refractivity contribution is 5.94. The summed E-state index contributed by atoms with van der Waals surface area (Å²) in [5.74, 6) is -0.278. The standard InChI is InChI=1S/C10H20N4O3/c1-12-10(16)13-9(15)2-3-14-4-5-17-8(6-11)7-14/h8H,2-7,11H2,1H3,(H2,12,13,15,16). The first kappa shape index (κ1) is 13.9. The van der Waals surface area contributed by atoms with Crippen molar-refractivity contribution in [2.45, 2.75) is 12.5 Å². The van der Waals surface area contributed by atoms with E-state index < -0.39 is 6.03 Å². The predicted octanol–water partition coefficient (Wildman–Crippen LogP) is -1.51. The highest BCUT2D eigenvalue weighted by atomic mass is 16.5. The van der Waals surface area contributed by atoms with E-state index in [9.17, 15) is 9.59 Å². The van der Waals surface area contributed by atoms with Gasteiger partial charge in [0.1, 0.15) is 0 Å². The topological polar surface area (TPSA) is 96.7 Å². The van der Waals surface area contributed by atoms with Gasteiger partial charge in [-0.3, -0.25) is 15.0 Å². The molecule has 1 saturated heterocycles. The van der Waals surface area contributed by atoms with Crippen molar-refractivity contribution in [3.05, 3.63) is 0 Å². The van der Waals surface area contributed by atoms with Gasteiger partial charge in [-0.2, -0.15) is 0 Å². The minimum Gasteiger partial charge on any atom is -0.374 e. The number of imide groups is 1.